The number of amides is 1. The van der Waals surface area contributed by atoms with Gasteiger partial charge in [0.05, 0.1) is 10.6 Å². The topological polar surface area (TPSA) is 62.6 Å². The number of rotatable bonds is 6. The monoisotopic (exact) mass is 499 g/mol. The third-order valence-corrected chi connectivity index (χ3v) is 7.35. The number of likely N-dealkylation sites (tertiary alicyclic amines) is 1. The van der Waals surface area contributed by atoms with E-state index in [0.717, 1.165) is 69.4 Å². The summed E-state index contributed by atoms with van der Waals surface area (Å²) >= 11 is 12.1. The first-order valence-corrected chi connectivity index (χ1v) is 12.7. The minimum absolute atomic E-state index is 0.0103. The van der Waals surface area contributed by atoms with Crippen LogP contribution < -0.4 is 10.2 Å². The summed E-state index contributed by atoms with van der Waals surface area (Å²) in [4.78, 5) is 19.9. The second-order valence-electron chi connectivity index (χ2n) is 9.22. The van der Waals surface area contributed by atoms with Crippen LogP contribution in [0.1, 0.15) is 25.3 Å². The van der Waals surface area contributed by atoms with Crippen molar-refractivity contribution >= 4 is 40.5 Å². The van der Waals surface area contributed by atoms with Crippen molar-refractivity contribution in [3.8, 4) is 6.07 Å². The molecule has 2 aliphatic rings. The van der Waals surface area contributed by atoms with E-state index in [1.54, 1.807) is 12.1 Å². The van der Waals surface area contributed by atoms with Crippen molar-refractivity contribution < 1.29 is 4.79 Å². The lowest BCUT2D eigenvalue weighted by molar-refractivity contribution is -0.136. The van der Waals surface area contributed by atoms with Crippen LogP contribution in [0.5, 0.6) is 0 Å². The van der Waals surface area contributed by atoms with Gasteiger partial charge in [-0.15, -0.1) is 0 Å². The number of nitrogens with zero attached hydrogens (tertiary/aromatic N) is 4. The van der Waals surface area contributed by atoms with Gasteiger partial charge in [-0.1, -0.05) is 30.1 Å². The summed E-state index contributed by atoms with van der Waals surface area (Å²) in [5.74, 6) is 0.240. The summed E-state index contributed by atoms with van der Waals surface area (Å²) < 4.78 is 0. The second kappa shape index (κ2) is 11.3. The van der Waals surface area contributed by atoms with Gasteiger partial charge in [-0.25, -0.2) is 0 Å². The average molecular weight is 500 g/mol. The molecule has 0 spiro atoms. The number of carbonyl (C=O) groups is 1. The third-order valence-electron chi connectivity index (χ3n) is 6.78. The smallest absolute Gasteiger partial charge is 0.226 e. The Balaban J connectivity index is 1.20. The van der Waals surface area contributed by atoms with E-state index in [4.69, 9.17) is 28.5 Å². The molecule has 180 valence electrons. The SMILES string of the molecule is CC(CN1CCN(c2ccc(Cl)cc2)CC1)C(=O)N1CCC(Nc2ccc(C#N)c(Cl)c2)CC1. The number of anilines is 2. The van der Waals surface area contributed by atoms with Gasteiger partial charge in [0.15, 0.2) is 0 Å². The fraction of sp³-hybridized carbons (Fsp3) is 0.462. The Hall–Kier alpha value is -2.46. The molecule has 1 N–H and O–H groups in total. The van der Waals surface area contributed by atoms with Crippen LogP contribution in [-0.2, 0) is 4.79 Å². The molecule has 0 saturated carbocycles. The van der Waals surface area contributed by atoms with E-state index in [0.29, 0.717) is 16.6 Å². The van der Waals surface area contributed by atoms with Crippen molar-refractivity contribution in [1.82, 2.24) is 9.80 Å². The Labute approximate surface area is 212 Å². The number of halogens is 2. The van der Waals surface area contributed by atoms with E-state index in [9.17, 15) is 4.79 Å². The van der Waals surface area contributed by atoms with Crippen LogP contribution >= 0.6 is 23.2 Å². The van der Waals surface area contributed by atoms with Gasteiger partial charge in [0.1, 0.15) is 6.07 Å². The Bertz CT molecular complexity index is 1020. The number of nitriles is 1. The molecule has 0 aliphatic carbocycles. The van der Waals surface area contributed by atoms with Crippen molar-refractivity contribution in [2.45, 2.75) is 25.8 Å². The molecule has 34 heavy (non-hydrogen) atoms. The highest BCUT2D eigenvalue weighted by Gasteiger charge is 2.28. The van der Waals surface area contributed by atoms with Crippen LogP contribution in [0.3, 0.4) is 0 Å². The number of hydrogen-bond donors (Lipinski definition) is 1. The molecular formula is C26H31Cl2N5O. The summed E-state index contributed by atoms with van der Waals surface area (Å²) in [6, 6.07) is 15.8. The van der Waals surface area contributed by atoms with Crippen molar-refractivity contribution in [3.05, 3.63) is 58.1 Å². The molecule has 1 unspecified atom stereocenters. The maximum atomic E-state index is 13.1. The van der Waals surface area contributed by atoms with Gasteiger partial charge in [-0.3, -0.25) is 9.69 Å². The number of nitrogens with one attached hydrogen (secondary N) is 1. The highest BCUT2D eigenvalue weighted by molar-refractivity contribution is 6.32. The summed E-state index contributed by atoms with van der Waals surface area (Å²) in [7, 11) is 0. The van der Waals surface area contributed by atoms with Crippen molar-refractivity contribution in [2.24, 2.45) is 5.92 Å². The van der Waals surface area contributed by atoms with E-state index >= 15 is 0 Å². The van der Waals surface area contributed by atoms with Gasteiger partial charge in [0.25, 0.3) is 0 Å². The van der Waals surface area contributed by atoms with Gasteiger partial charge < -0.3 is 15.1 Å². The van der Waals surface area contributed by atoms with Crippen LogP contribution in [0.15, 0.2) is 42.5 Å². The van der Waals surface area contributed by atoms with E-state index in [1.807, 2.05) is 23.1 Å². The highest BCUT2D eigenvalue weighted by Crippen LogP contribution is 2.24. The molecule has 0 aromatic heterocycles. The highest BCUT2D eigenvalue weighted by atomic mass is 35.5. The standard InChI is InChI=1S/C26H31Cl2N5O/c1-19(18-31-12-14-32(15-13-31)24-6-3-21(27)4-7-24)26(34)33-10-8-22(9-11-33)30-23-5-2-20(17-29)25(28)16-23/h2-7,16,19,22,30H,8-15,18H2,1H3. The van der Waals surface area contributed by atoms with E-state index in [1.165, 1.54) is 5.69 Å². The lowest BCUT2D eigenvalue weighted by Crippen LogP contribution is -2.50. The first-order chi connectivity index (χ1) is 16.4. The number of piperidine rings is 1. The molecule has 2 saturated heterocycles. The summed E-state index contributed by atoms with van der Waals surface area (Å²) in [5.41, 5.74) is 2.60. The Kier molecular flexibility index (Phi) is 8.20. The molecule has 8 heteroatoms. The van der Waals surface area contributed by atoms with Gasteiger partial charge >= 0.3 is 0 Å². The summed E-state index contributed by atoms with van der Waals surface area (Å²) in [6.07, 6.45) is 1.80. The third kappa shape index (κ3) is 6.15. The number of hydrogen-bond acceptors (Lipinski definition) is 5. The number of piperazine rings is 1. The fourth-order valence-corrected chi connectivity index (χ4v) is 5.14. The predicted molar refractivity (Wildman–Crippen MR) is 139 cm³/mol. The first kappa shape index (κ1) is 24.7. The summed E-state index contributed by atoms with van der Waals surface area (Å²) in [5, 5.41) is 13.7. The Morgan fingerprint density at radius 2 is 1.74 bits per heavy atom. The molecule has 2 aliphatic heterocycles. The van der Waals surface area contributed by atoms with Gasteiger partial charge in [0.2, 0.25) is 5.91 Å². The molecule has 1 amide bonds. The molecule has 6 nitrogen and oxygen atoms in total. The maximum Gasteiger partial charge on any atom is 0.226 e. The second-order valence-corrected chi connectivity index (χ2v) is 10.1. The Morgan fingerprint density at radius 3 is 2.35 bits per heavy atom. The van der Waals surface area contributed by atoms with Crippen molar-refractivity contribution in [2.75, 3.05) is 56.0 Å². The van der Waals surface area contributed by atoms with Crippen LogP contribution in [-0.4, -0.2) is 67.6 Å². The quantitative estimate of drug-likeness (QED) is 0.622. The van der Waals surface area contributed by atoms with E-state index < -0.39 is 0 Å². The number of carbonyl (C=O) groups excluding carboxylic acids is 1. The van der Waals surface area contributed by atoms with Crippen molar-refractivity contribution in [1.29, 1.82) is 5.26 Å². The zero-order chi connectivity index (χ0) is 24.1. The van der Waals surface area contributed by atoms with Gasteiger partial charge in [-0.2, -0.15) is 5.26 Å². The molecule has 2 fully saturated rings. The first-order valence-electron chi connectivity index (χ1n) is 11.9. The molecule has 0 radical (unpaired) electrons. The minimum Gasteiger partial charge on any atom is -0.382 e. The van der Waals surface area contributed by atoms with Crippen LogP contribution in [0.4, 0.5) is 11.4 Å². The lowest BCUT2D eigenvalue weighted by Gasteiger charge is -2.38. The van der Waals surface area contributed by atoms with Crippen LogP contribution in [0.2, 0.25) is 10.0 Å². The zero-order valence-electron chi connectivity index (χ0n) is 19.5. The zero-order valence-corrected chi connectivity index (χ0v) is 21.0. The average Bonchev–Trinajstić information content (AvgIpc) is 2.85. The molecule has 2 aromatic carbocycles. The van der Waals surface area contributed by atoms with Crippen LogP contribution in [0.25, 0.3) is 0 Å². The molecule has 4 rings (SSSR count). The maximum absolute atomic E-state index is 13.1. The van der Waals surface area contributed by atoms with Gasteiger partial charge in [0, 0.05) is 74.2 Å². The number of benzene rings is 2. The molecule has 1 atom stereocenters. The minimum atomic E-state index is -0.0103. The fourth-order valence-electron chi connectivity index (χ4n) is 4.79. The predicted octanol–water partition coefficient (Wildman–Crippen LogP) is 4.73. The van der Waals surface area contributed by atoms with E-state index in [-0.39, 0.29) is 11.8 Å². The van der Waals surface area contributed by atoms with E-state index in [2.05, 4.69) is 40.2 Å². The molecule has 2 heterocycles. The largest absolute Gasteiger partial charge is 0.382 e. The normalized spacial score (nSPS) is 18.4. The van der Waals surface area contributed by atoms with Crippen molar-refractivity contribution in [3.63, 3.8) is 0 Å². The van der Waals surface area contributed by atoms with Crippen LogP contribution in [0, 0.1) is 17.2 Å². The molecular weight excluding hydrogens is 469 g/mol. The Morgan fingerprint density at radius 1 is 1.06 bits per heavy atom. The molecule has 0 bridgehead atoms. The van der Waals surface area contributed by atoms with Gasteiger partial charge in [-0.05, 0) is 55.3 Å². The lowest BCUT2D eigenvalue weighted by atomic mass is 10.0. The molecule has 2 aromatic rings. The summed E-state index contributed by atoms with van der Waals surface area (Å²) in [6.45, 7) is 8.20.